The molecule has 0 bridgehead atoms. The van der Waals surface area contributed by atoms with Gasteiger partial charge >= 0.3 is 5.97 Å². The Bertz CT molecular complexity index is 541. The first kappa shape index (κ1) is 13.4. The Hall–Kier alpha value is -2.07. The fourth-order valence-corrected chi connectivity index (χ4v) is 2.26. The molecule has 1 aromatic heterocycles. The number of aliphatic carboxylic acids is 1. The summed E-state index contributed by atoms with van der Waals surface area (Å²) in [4.78, 5) is 11.7. The minimum atomic E-state index is -0.948. The summed E-state index contributed by atoms with van der Waals surface area (Å²) < 4.78 is 5.63. The van der Waals surface area contributed by atoms with Gasteiger partial charge in [-0.15, -0.1) is 11.3 Å². The van der Waals surface area contributed by atoms with E-state index in [2.05, 4.69) is 11.4 Å². The summed E-state index contributed by atoms with van der Waals surface area (Å²) in [6, 6.07) is 11.5. The van der Waals surface area contributed by atoms with Gasteiger partial charge in [-0.3, -0.25) is 0 Å². The molecule has 3 nitrogen and oxygen atoms in total. The molecule has 1 heterocycles. The standard InChI is InChI=1S/C15H14O3S/c16-15(17)8-5-12-3-6-13(7-4-12)18-10-9-14-2-1-11-19-14/h1-8,11H,9-10H2,(H,16,17)/b8-5+. The second-order valence-electron chi connectivity index (χ2n) is 3.92. The van der Waals surface area contributed by atoms with Crippen LogP contribution in [-0.4, -0.2) is 17.7 Å². The number of carbonyl (C=O) groups is 1. The van der Waals surface area contributed by atoms with Crippen molar-refractivity contribution in [3.8, 4) is 5.75 Å². The van der Waals surface area contributed by atoms with Crippen molar-refractivity contribution in [2.24, 2.45) is 0 Å². The largest absolute Gasteiger partial charge is 0.493 e. The van der Waals surface area contributed by atoms with Gasteiger partial charge in [-0.1, -0.05) is 18.2 Å². The Labute approximate surface area is 115 Å². The first-order valence-electron chi connectivity index (χ1n) is 5.90. The predicted molar refractivity (Wildman–Crippen MR) is 76.6 cm³/mol. The van der Waals surface area contributed by atoms with E-state index < -0.39 is 5.97 Å². The maximum absolute atomic E-state index is 10.4. The van der Waals surface area contributed by atoms with Gasteiger partial charge in [0.1, 0.15) is 5.75 Å². The summed E-state index contributed by atoms with van der Waals surface area (Å²) in [5.41, 5.74) is 0.841. The lowest BCUT2D eigenvalue weighted by Gasteiger charge is -2.05. The van der Waals surface area contributed by atoms with E-state index >= 15 is 0 Å². The van der Waals surface area contributed by atoms with E-state index in [-0.39, 0.29) is 0 Å². The highest BCUT2D eigenvalue weighted by Crippen LogP contribution is 2.15. The molecule has 0 atom stereocenters. The smallest absolute Gasteiger partial charge is 0.328 e. The fourth-order valence-electron chi connectivity index (χ4n) is 1.57. The molecule has 0 saturated heterocycles. The zero-order valence-corrected chi connectivity index (χ0v) is 11.1. The van der Waals surface area contributed by atoms with Crippen LogP contribution < -0.4 is 4.74 Å². The van der Waals surface area contributed by atoms with Crippen molar-refractivity contribution >= 4 is 23.4 Å². The van der Waals surface area contributed by atoms with Gasteiger partial charge in [-0.05, 0) is 35.2 Å². The maximum Gasteiger partial charge on any atom is 0.328 e. The van der Waals surface area contributed by atoms with Crippen LogP contribution in [0.3, 0.4) is 0 Å². The van der Waals surface area contributed by atoms with Crippen LogP contribution in [0.2, 0.25) is 0 Å². The van der Waals surface area contributed by atoms with Crippen LogP contribution in [0, 0.1) is 0 Å². The average Bonchev–Trinajstić information content (AvgIpc) is 2.91. The van der Waals surface area contributed by atoms with Crippen LogP contribution in [0.15, 0.2) is 47.9 Å². The third-order valence-corrected chi connectivity index (χ3v) is 3.43. The Balaban J connectivity index is 1.83. The zero-order chi connectivity index (χ0) is 13.5. The summed E-state index contributed by atoms with van der Waals surface area (Å²) in [6.45, 7) is 0.644. The number of thiophene rings is 1. The van der Waals surface area contributed by atoms with E-state index in [1.54, 1.807) is 17.4 Å². The van der Waals surface area contributed by atoms with Gasteiger partial charge in [0, 0.05) is 17.4 Å². The molecular formula is C15H14O3S. The minimum absolute atomic E-state index is 0.644. The Kier molecular flexibility index (Phi) is 4.75. The van der Waals surface area contributed by atoms with Crippen LogP contribution in [0.25, 0.3) is 6.08 Å². The highest BCUT2D eigenvalue weighted by atomic mass is 32.1. The second kappa shape index (κ2) is 6.75. The predicted octanol–water partition coefficient (Wildman–Crippen LogP) is 3.47. The molecule has 1 aromatic carbocycles. The highest BCUT2D eigenvalue weighted by molar-refractivity contribution is 7.09. The van der Waals surface area contributed by atoms with E-state index in [0.717, 1.165) is 23.8 Å². The topological polar surface area (TPSA) is 46.5 Å². The van der Waals surface area contributed by atoms with E-state index in [1.807, 2.05) is 30.3 Å². The normalized spacial score (nSPS) is 10.7. The number of rotatable bonds is 6. The molecule has 0 amide bonds. The van der Waals surface area contributed by atoms with Crippen LogP contribution >= 0.6 is 11.3 Å². The van der Waals surface area contributed by atoms with Gasteiger partial charge in [-0.2, -0.15) is 0 Å². The van der Waals surface area contributed by atoms with Gasteiger partial charge in [-0.25, -0.2) is 4.79 Å². The van der Waals surface area contributed by atoms with Crippen molar-refractivity contribution in [2.75, 3.05) is 6.61 Å². The molecule has 2 rings (SSSR count). The van der Waals surface area contributed by atoms with Crippen molar-refractivity contribution in [2.45, 2.75) is 6.42 Å². The molecule has 0 saturated carbocycles. The van der Waals surface area contributed by atoms with Crippen molar-refractivity contribution in [1.29, 1.82) is 0 Å². The Morgan fingerprint density at radius 3 is 2.68 bits per heavy atom. The summed E-state index contributed by atoms with van der Waals surface area (Å²) in [5.74, 6) is -0.152. The highest BCUT2D eigenvalue weighted by Gasteiger charge is 1.97. The van der Waals surface area contributed by atoms with Crippen molar-refractivity contribution in [3.05, 3.63) is 58.3 Å². The average molecular weight is 274 g/mol. The summed E-state index contributed by atoms with van der Waals surface area (Å²) in [5, 5.41) is 10.6. The zero-order valence-electron chi connectivity index (χ0n) is 10.3. The molecule has 0 aliphatic carbocycles. The molecule has 0 radical (unpaired) electrons. The maximum atomic E-state index is 10.4. The first-order valence-corrected chi connectivity index (χ1v) is 6.78. The first-order chi connectivity index (χ1) is 9.24. The second-order valence-corrected chi connectivity index (χ2v) is 4.95. The lowest BCUT2D eigenvalue weighted by Crippen LogP contribution is -1.99. The van der Waals surface area contributed by atoms with Crippen LogP contribution in [-0.2, 0) is 11.2 Å². The van der Waals surface area contributed by atoms with Crippen LogP contribution in [0.5, 0.6) is 5.75 Å². The van der Waals surface area contributed by atoms with Gasteiger partial charge in [0.25, 0.3) is 0 Å². The summed E-state index contributed by atoms with van der Waals surface area (Å²) in [7, 11) is 0. The monoisotopic (exact) mass is 274 g/mol. The van der Waals surface area contributed by atoms with Gasteiger partial charge in [0.15, 0.2) is 0 Å². The van der Waals surface area contributed by atoms with Crippen molar-refractivity contribution < 1.29 is 14.6 Å². The molecule has 0 unspecified atom stereocenters. The van der Waals surface area contributed by atoms with Crippen molar-refractivity contribution in [3.63, 3.8) is 0 Å². The number of hydrogen-bond donors (Lipinski definition) is 1. The molecule has 0 fully saturated rings. The Morgan fingerprint density at radius 1 is 1.26 bits per heavy atom. The molecule has 0 spiro atoms. The number of hydrogen-bond acceptors (Lipinski definition) is 3. The third-order valence-electron chi connectivity index (χ3n) is 2.50. The molecule has 4 heteroatoms. The fraction of sp³-hybridized carbons (Fsp3) is 0.133. The van der Waals surface area contributed by atoms with E-state index in [0.29, 0.717) is 6.61 Å². The minimum Gasteiger partial charge on any atom is -0.493 e. The Morgan fingerprint density at radius 2 is 2.05 bits per heavy atom. The lowest BCUT2D eigenvalue weighted by atomic mass is 10.2. The lowest BCUT2D eigenvalue weighted by molar-refractivity contribution is -0.131. The molecule has 0 aliphatic heterocycles. The summed E-state index contributed by atoms with van der Waals surface area (Å²) >= 11 is 1.73. The van der Waals surface area contributed by atoms with Gasteiger partial charge < -0.3 is 9.84 Å². The molecule has 98 valence electrons. The number of carboxylic acids is 1. The summed E-state index contributed by atoms with van der Waals surface area (Å²) in [6.07, 6.45) is 3.57. The van der Waals surface area contributed by atoms with Gasteiger partial charge in [0.05, 0.1) is 6.61 Å². The molecule has 19 heavy (non-hydrogen) atoms. The van der Waals surface area contributed by atoms with Crippen LogP contribution in [0.1, 0.15) is 10.4 Å². The molecule has 1 N–H and O–H groups in total. The van der Waals surface area contributed by atoms with E-state index in [4.69, 9.17) is 9.84 Å². The number of carboxylic acid groups (broad SMARTS) is 1. The van der Waals surface area contributed by atoms with Crippen molar-refractivity contribution in [1.82, 2.24) is 0 Å². The third kappa shape index (κ3) is 4.60. The van der Waals surface area contributed by atoms with Gasteiger partial charge in [0.2, 0.25) is 0 Å². The SMILES string of the molecule is O=C(O)/C=C/c1ccc(OCCc2cccs2)cc1. The number of ether oxygens (including phenoxy) is 1. The van der Waals surface area contributed by atoms with E-state index in [9.17, 15) is 4.79 Å². The van der Waals surface area contributed by atoms with Crippen LogP contribution in [0.4, 0.5) is 0 Å². The number of benzene rings is 1. The molecular weight excluding hydrogens is 260 g/mol. The molecule has 2 aromatic rings. The van der Waals surface area contributed by atoms with E-state index in [1.165, 1.54) is 4.88 Å². The quantitative estimate of drug-likeness (QED) is 0.820. The molecule has 0 aliphatic rings.